The molecule has 0 saturated carbocycles. The molecule has 2 atom stereocenters. The van der Waals surface area contributed by atoms with Gasteiger partial charge in [-0.05, 0) is 50.2 Å². The zero-order valence-corrected chi connectivity index (χ0v) is 15.2. The second-order valence-corrected chi connectivity index (χ2v) is 7.43. The van der Waals surface area contributed by atoms with Crippen LogP contribution in [0.1, 0.15) is 36.0 Å². The summed E-state index contributed by atoms with van der Waals surface area (Å²) in [5.74, 6) is 0.331. The highest BCUT2D eigenvalue weighted by Crippen LogP contribution is 2.15. The predicted octanol–water partition coefficient (Wildman–Crippen LogP) is 2.08. The van der Waals surface area contributed by atoms with Gasteiger partial charge in [-0.15, -0.1) is 0 Å². The summed E-state index contributed by atoms with van der Waals surface area (Å²) in [6.45, 7) is 3.78. The van der Waals surface area contributed by atoms with Crippen LogP contribution >= 0.6 is 0 Å². The molecule has 0 spiro atoms. The molecule has 0 aliphatic heterocycles. The first-order valence-electron chi connectivity index (χ1n) is 7.79. The van der Waals surface area contributed by atoms with Crippen molar-refractivity contribution in [2.45, 2.75) is 30.8 Å². The van der Waals surface area contributed by atoms with Crippen molar-refractivity contribution in [3.8, 4) is 0 Å². The highest BCUT2D eigenvalue weighted by molar-refractivity contribution is 7.89. The number of carbonyl (C=O) groups is 1. The van der Waals surface area contributed by atoms with Crippen molar-refractivity contribution in [1.82, 2.24) is 10.0 Å². The Hall–Kier alpha value is -2.16. The molecule has 0 radical (unpaired) electrons. The van der Waals surface area contributed by atoms with Crippen LogP contribution in [-0.2, 0) is 14.8 Å². The molecule has 0 unspecified atom stereocenters. The maximum absolute atomic E-state index is 12.3. The van der Waals surface area contributed by atoms with Gasteiger partial charge in [0, 0.05) is 18.7 Å². The summed E-state index contributed by atoms with van der Waals surface area (Å²) in [6, 6.07) is 8.61. The number of hydrogen-bond acceptors (Lipinski definition) is 5. The van der Waals surface area contributed by atoms with Gasteiger partial charge >= 0.3 is 0 Å². The van der Waals surface area contributed by atoms with E-state index in [9.17, 15) is 13.2 Å². The van der Waals surface area contributed by atoms with Crippen molar-refractivity contribution < 1.29 is 22.4 Å². The first kappa shape index (κ1) is 19.2. The minimum atomic E-state index is -3.66. The van der Waals surface area contributed by atoms with Crippen molar-refractivity contribution in [3.63, 3.8) is 0 Å². The largest absolute Gasteiger partial charge is 0.467 e. The Kier molecular flexibility index (Phi) is 6.35. The lowest BCUT2D eigenvalue weighted by molar-refractivity contribution is 0.0935. The Morgan fingerprint density at radius 1 is 1.20 bits per heavy atom. The molecule has 1 aromatic heterocycles. The minimum Gasteiger partial charge on any atom is -0.467 e. The van der Waals surface area contributed by atoms with Gasteiger partial charge in [-0.1, -0.05) is 0 Å². The van der Waals surface area contributed by atoms with E-state index in [1.54, 1.807) is 26.0 Å². The topological polar surface area (TPSA) is 97.6 Å². The van der Waals surface area contributed by atoms with E-state index in [4.69, 9.17) is 9.15 Å². The molecule has 0 fully saturated rings. The molecule has 25 heavy (non-hydrogen) atoms. The number of hydrogen-bond donors (Lipinski definition) is 2. The summed E-state index contributed by atoms with van der Waals surface area (Å²) in [5, 5.41) is 2.79. The first-order valence-corrected chi connectivity index (χ1v) is 9.27. The summed E-state index contributed by atoms with van der Waals surface area (Å²) >= 11 is 0. The minimum absolute atomic E-state index is 0.0890. The van der Waals surface area contributed by atoms with Crippen LogP contribution in [0.4, 0.5) is 0 Å². The van der Waals surface area contributed by atoms with Gasteiger partial charge in [-0.25, -0.2) is 13.1 Å². The number of methoxy groups -OCH3 is 1. The molecule has 2 N–H and O–H groups in total. The van der Waals surface area contributed by atoms with Crippen LogP contribution in [0.15, 0.2) is 52.0 Å². The Morgan fingerprint density at radius 2 is 1.88 bits per heavy atom. The van der Waals surface area contributed by atoms with Crippen molar-refractivity contribution in [1.29, 1.82) is 0 Å². The zero-order valence-electron chi connectivity index (χ0n) is 14.4. The van der Waals surface area contributed by atoms with Gasteiger partial charge in [0.05, 0.1) is 23.8 Å². The fraction of sp³-hybridized carbons (Fsp3) is 0.353. The van der Waals surface area contributed by atoms with Gasteiger partial charge in [0.15, 0.2) is 0 Å². The molecule has 0 aliphatic carbocycles. The highest BCUT2D eigenvalue weighted by atomic mass is 32.2. The number of carbonyl (C=O) groups excluding carboxylic acids is 1. The van der Waals surface area contributed by atoms with Crippen molar-refractivity contribution >= 4 is 15.9 Å². The quantitative estimate of drug-likeness (QED) is 0.745. The Bertz CT molecular complexity index is 785. The lowest BCUT2D eigenvalue weighted by Gasteiger charge is -2.14. The van der Waals surface area contributed by atoms with Crippen LogP contribution in [0.25, 0.3) is 0 Å². The monoisotopic (exact) mass is 366 g/mol. The Labute approximate surface area is 147 Å². The number of sulfonamides is 1. The smallest absolute Gasteiger partial charge is 0.251 e. The summed E-state index contributed by atoms with van der Waals surface area (Å²) < 4.78 is 37.2. The van der Waals surface area contributed by atoms with Gasteiger partial charge in [0.25, 0.3) is 5.91 Å². The van der Waals surface area contributed by atoms with Crippen LogP contribution in [-0.4, -0.2) is 34.1 Å². The van der Waals surface area contributed by atoms with E-state index < -0.39 is 10.0 Å². The molecule has 1 heterocycles. The van der Waals surface area contributed by atoms with E-state index in [1.165, 1.54) is 37.6 Å². The molecular weight excluding hydrogens is 344 g/mol. The van der Waals surface area contributed by atoms with Gasteiger partial charge in [0.1, 0.15) is 5.76 Å². The average molecular weight is 366 g/mol. The SMILES string of the molecule is COC[C@@H](C)NS(=O)(=O)c1ccc(C(=O)N[C@H](C)c2ccco2)cc1. The average Bonchev–Trinajstić information content (AvgIpc) is 3.09. The number of amides is 1. The highest BCUT2D eigenvalue weighted by Gasteiger charge is 2.18. The van der Waals surface area contributed by atoms with Gasteiger partial charge in [-0.2, -0.15) is 0 Å². The standard InChI is InChI=1S/C17H22N2O5S/c1-12(11-23-3)19-25(21,22)15-8-6-14(7-9-15)17(20)18-13(2)16-5-4-10-24-16/h4-10,12-13,19H,11H2,1-3H3,(H,18,20)/t12-,13-/m1/s1. The summed E-state index contributed by atoms with van der Waals surface area (Å²) in [7, 11) is -2.16. The first-order chi connectivity index (χ1) is 11.8. The predicted molar refractivity (Wildman–Crippen MR) is 92.7 cm³/mol. The lowest BCUT2D eigenvalue weighted by Crippen LogP contribution is -2.35. The zero-order chi connectivity index (χ0) is 18.4. The van der Waals surface area contributed by atoms with Crippen LogP contribution < -0.4 is 10.0 Å². The molecule has 0 saturated heterocycles. The second-order valence-electron chi connectivity index (χ2n) is 5.71. The third-order valence-corrected chi connectivity index (χ3v) is 5.12. The molecule has 2 rings (SSSR count). The molecule has 0 aliphatic rings. The van der Waals surface area contributed by atoms with Crippen molar-refractivity contribution in [2.75, 3.05) is 13.7 Å². The summed E-state index contributed by atoms with van der Waals surface area (Å²) in [4.78, 5) is 12.3. The maximum Gasteiger partial charge on any atom is 0.251 e. The van der Waals surface area contributed by atoms with E-state index >= 15 is 0 Å². The number of ether oxygens (including phenoxy) is 1. The van der Waals surface area contributed by atoms with Gasteiger partial charge < -0.3 is 14.5 Å². The third-order valence-electron chi connectivity index (χ3n) is 3.52. The second kappa shape index (κ2) is 8.28. The molecule has 2 aromatic rings. The van der Waals surface area contributed by atoms with Crippen LogP contribution in [0.3, 0.4) is 0 Å². The number of rotatable bonds is 8. The van der Waals surface area contributed by atoms with E-state index in [-0.39, 0.29) is 29.5 Å². The maximum atomic E-state index is 12.3. The molecule has 8 heteroatoms. The number of furan rings is 1. The number of benzene rings is 1. The fourth-order valence-electron chi connectivity index (χ4n) is 2.29. The molecule has 7 nitrogen and oxygen atoms in total. The van der Waals surface area contributed by atoms with Crippen LogP contribution in [0.5, 0.6) is 0 Å². The molecular formula is C17H22N2O5S. The van der Waals surface area contributed by atoms with Crippen molar-refractivity contribution in [3.05, 3.63) is 54.0 Å². The molecule has 1 amide bonds. The van der Waals surface area contributed by atoms with Gasteiger partial charge in [-0.3, -0.25) is 4.79 Å². The Balaban J connectivity index is 2.04. The molecule has 136 valence electrons. The van der Waals surface area contributed by atoms with E-state index in [2.05, 4.69) is 10.0 Å². The lowest BCUT2D eigenvalue weighted by atomic mass is 10.2. The number of nitrogens with one attached hydrogen (secondary N) is 2. The van der Waals surface area contributed by atoms with Gasteiger partial charge in [0.2, 0.25) is 10.0 Å². The van der Waals surface area contributed by atoms with Crippen molar-refractivity contribution in [2.24, 2.45) is 0 Å². The summed E-state index contributed by atoms with van der Waals surface area (Å²) in [5.41, 5.74) is 0.363. The van der Waals surface area contributed by atoms with Crippen LogP contribution in [0.2, 0.25) is 0 Å². The Morgan fingerprint density at radius 3 is 2.44 bits per heavy atom. The third kappa shape index (κ3) is 5.15. The summed E-state index contributed by atoms with van der Waals surface area (Å²) in [6.07, 6.45) is 1.54. The van der Waals surface area contributed by atoms with E-state index in [0.29, 0.717) is 11.3 Å². The van der Waals surface area contributed by atoms with Crippen LogP contribution in [0, 0.1) is 0 Å². The van der Waals surface area contributed by atoms with E-state index in [0.717, 1.165) is 0 Å². The normalized spacial score (nSPS) is 14.0. The fourth-order valence-corrected chi connectivity index (χ4v) is 3.52. The molecule has 0 bridgehead atoms. The molecule has 1 aromatic carbocycles. The van der Waals surface area contributed by atoms with E-state index in [1.807, 2.05) is 0 Å².